The Hall–Kier alpha value is -0.130. The molecule has 0 unspecified atom stereocenters. The first-order valence-electron chi connectivity index (χ1n) is 7.82. The largest absolute Gasteiger partial charge is 0.317 e. The molecule has 0 spiro atoms. The monoisotopic (exact) mass is 290 g/mol. The van der Waals surface area contributed by atoms with Crippen LogP contribution in [0.4, 0.5) is 0 Å². The Balaban J connectivity index is 2.00. The molecule has 0 radical (unpaired) electrons. The lowest BCUT2D eigenvalue weighted by Crippen LogP contribution is -2.28. The second-order valence-electron chi connectivity index (χ2n) is 5.61. The average molecular weight is 290 g/mol. The molecule has 0 heterocycles. The van der Waals surface area contributed by atoms with Gasteiger partial charge in [-0.2, -0.15) is 0 Å². The van der Waals surface area contributed by atoms with E-state index in [2.05, 4.69) is 17.0 Å². The van der Waals surface area contributed by atoms with Crippen LogP contribution < -0.4 is 10.0 Å². The lowest BCUT2D eigenvalue weighted by molar-refractivity contribution is 0.495. The molecule has 4 nitrogen and oxygen atoms in total. The third-order valence-electron chi connectivity index (χ3n) is 3.79. The molecule has 0 aromatic heterocycles. The number of rotatable bonds is 11. The molecule has 1 rings (SSSR count). The Bertz CT molecular complexity index is 311. The Labute approximate surface area is 118 Å². The van der Waals surface area contributed by atoms with E-state index in [0.29, 0.717) is 6.54 Å². The van der Waals surface area contributed by atoms with E-state index in [9.17, 15) is 8.42 Å². The molecule has 19 heavy (non-hydrogen) atoms. The van der Waals surface area contributed by atoms with Crippen LogP contribution in [0.2, 0.25) is 0 Å². The third-order valence-corrected chi connectivity index (χ3v) is 5.26. The summed E-state index contributed by atoms with van der Waals surface area (Å²) in [6, 6.07) is 0. The highest BCUT2D eigenvalue weighted by molar-refractivity contribution is 7.89. The Morgan fingerprint density at radius 3 is 2.47 bits per heavy atom. The molecule has 2 N–H and O–H groups in total. The van der Waals surface area contributed by atoms with Crippen molar-refractivity contribution in [1.29, 1.82) is 0 Å². The van der Waals surface area contributed by atoms with Crippen LogP contribution in [0.25, 0.3) is 0 Å². The highest BCUT2D eigenvalue weighted by atomic mass is 32.2. The lowest BCUT2D eigenvalue weighted by Gasteiger charge is -2.10. The zero-order chi connectivity index (χ0) is 14.0. The van der Waals surface area contributed by atoms with Crippen LogP contribution >= 0.6 is 0 Å². The average Bonchev–Trinajstić information content (AvgIpc) is 2.86. The fraction of sp³-hybridized carbons (Fsp3) is 1.00. The number of sulfonamides is 1. The van der Waals surface area contributed by atoms with Crippen LogP contribution in [0.1, 0.15) is 58.3 Å². The summed E-state index contributed by atoms with van der Waals surface area (Å²) in [5.41, 5.74) is 0. The summed E-state index contributed by atoms with van der Waals surface area (Å²) in [5, 5.41) is 3.29. The molecule has 0 bridgehead atoms. The van der Waals surface area contributed by atoms with Crippen molar-refractivity contribution in [2.75, 3.05) is 25.4 Å². The molecule has 0 atom stereocenters. The summed E-state index contributed by atoms with van der Waals surface area (Å²) >= 11 is 0. The van der Waals surface area contributed by atoms with E-state index in [-0.39, 0.29) is 5.75 Å². The lowest BCUT2D eigenvalue weighted by atomic mass is 10.1. The number of hydrogen-bond acceptors (Lipinski definition) is 3. The van der Waals surface area contributed by atoms with Crippen molar-refractivity contribution < 1.29 is 8.42 Å². The normalized spacial score (nSPS) is 17.1. The van der Waals surface area contributed by atoms with Gasteiger partial charge in [0.25, 0.3) is 0 Å². The molecular weight excluding hydrogens is 260 g/mol. The number of nitrogens with one attached hydrogen (secondary N) is 2. The first-order chi connectivity index (χ1) is 9.14. The van der Waals surface area contributed by atoms with Crippen molar-refractivity contribution in [1.82, 2.24) is 10.0 Å². The standard InChI is InChI=1S/C14H30N2O2S/c1-2-10-15-11-5-6-13-19(17,18)16-12-9-14-7-3-4-8-14/h14-16H,2-13H2,1H3. The van der Waals surface area contributed by atoms with Gasteiger partial charge in [0.1, 0.15) is 0 Å². The van der Waals surface area contributed by atoms with Gasteiger partial charge in [-0.3, -0.25) is 0 Å². The van der Waals surface area contributed by atoms with Crippen molar-refractivity contribution in [2.45, 2.75) is 58.3 Å². The van der Waals surface area contributed by atoms with Gasteiger partial charge in [0.05, 0.1) is 5.75 Å². The maximum atomic E-state index is 11.8. The van der Waals surface area contributed by atoms with Crippen LogP contribution in [-0.4, -0.2) is 33.8 Å². The van der Waals surface area contributed by atoms with Crippen LogP contribution in [0.15, 0.2) is 0 Å². The van der Waals surface area contributed by atoms with E-state index in [0.717, 1.165) is 44.7 Å². The van der Waals surface area contributed by atoms with Crippen LogP contribution in [-0.2, 0) is 10.0 Å². The smallest absolute Gasteiger partial charge is 0.211 e. The van der Waals surface area contributed by atoms with E-state index in [4.69, 9.17) is 0 Å². The second kappa shape index (κ2) is 9.72. The van der Waals surface area contributed by atoms with Crippen LogP contribution in [0, 0.1) is 5.92 Å². The molecule has 0 saturated heterocycles. The predicted molar refractivity (Wildman–Crippen MR) is 80.8 cm³/mol. The van der Waals surface area contributed by atoms with Gasteiger partial charge in [0, 0.05) is 6.54 Å². The molecule has 0 amide bonds. The molecule has 5 heteroatoms. The van der Waals surface area contributed by atoms with Crippen molar-refractivity contribution in [2.24, 2.45) is 5.92 Å². The Kier molecular flexibility index (Phi) is 8.66. The fourth-order valence-corrected chi connectivity index (χ4v) is 3.79. The number of hydrogen-bond donors (Lipinski definition) is 2. The fourth-order valence-electron chi connectivity index (χ4n) is 2.63. The molecule has 0 aromatic carbocycles. The van der Waals surface area contributed by atoms with Crippen molar-refractivity contribution in [3.63, 3.8) is 0 Å². The number of unbranched alkanes of at least 4 members (excludes halogenated alkanes) is 1. The minimum Gasteiger partial charge on any atom is -0.317 e. The topological polar surface area (TPSA) is 58.2 Å². The summed E-state index contributed by atoms with van der Waals surface area (Å²) in [5.74, 6) is 1.02. The maximum absolute atomic E-state index is 11.8. The molecule has 1 saturated carbocycles. The van der Waals surface area contributed by atoms with Crippen molar-refractivity contribution in [3.05, 3.63) is 0 Å². The van der Waals surface area contributed by atoms with E-state index >= 15 is 0 Å². The summed E-state index contributed by atoms with van der Waals surface area (Å²) < 4.78 is 26.3. The predicted octanol–water partition coefficient (Wildman–Crippen LogP) is 2.27. The SMILES string of the molecule is CCCNCCCCS(=O)(=O)NCCC1CCCC1. The van der Waals surface area contributed by atoms with Gasteiger partial charge in [-0.15, -0.1) is 0 Å². The van der Waals surface area contributed by atoms with Crippen LogP contribution in [0.3, 0.4) is 0 Å². The van der Waals surface area contributed by atoms with E-state index in [1.165, 1.54) is 25.7 Å². The molecule has 1 fully saturated rings. The van der Waals surface area contributed by atoms with Gasteiger partial charge in [-0.25, -0.2) is 13.1 Å². The van der Waals surface area contributed by atoms with Crippen molar-refractivity contribution in [3.8, 4) is 0 Å². The van der Waals surface area contributed by atoms with E-state index in [1.54, 1.807) is 0 Å². The van der Waals surface area contributed by atoms with Gasteiger partial charge in [0.15, 0.2) is 0 Å². The summed E-state index contributed by atoms with van der Waals surface area (Å²) in [4.78, 5) is 0. The molecule has 1 aliphatic rings. The minimum absolute atomic E-state index is 0.269. The van der Waals surface area contributed by atoms with E-state index in [1.807, 2.05) is 0 Å². The molecule has 1 aliphatic carbocycles. The zero-order valence-electron chi connectivity index (χ0n) is 12.3. The molecular formula is C14H30N2O2S. The maximum Gasteiger partial charge on any atom is 0.211 e. The highest BCUT2D eigenvalue weighted by Crippen LogP contribution is 2.26. The third kappa shape index (κ3) is 8.60. The molecule has 114 valence electrons. The van der Waals surface area contributed by atoms with Gasteiger partial charge in [-0.05, 0) is 44.7 Å². The summed E-state index contributed by atoms with van der Waals surface area (Å²) in [6.45, 7) is 4.70. The van der Waals surface area contributed by atoms with Gasteiger partial charge in [0.2, 0.25) is 10.0 Å². The zero-order valence-corrected chi connectivity index (χ0v) is 13.1. The summed E-state index contributed by atoms with van der Waals surface area (Å²) in [7, 11) is -3.04. The highest BCUT2D eigenvalue weighted by Gasteiger charge is 2.16. The van der Waals surface area contributed by atoms with Gasteiger partial charge < -0.3 is 5.32 Å². The van der Waals surface area contributed by atoms with Crippen molar-refractivity contribution >= 4 is 10.0 Å². The first-order valence-corrected chi connectivity index (χ1v) is 9.47. The molecule has 0 aliphatic heterocycles. The van der Waals surface area contributed by atoms with Gasteiger partial charge >= 0.3 is 0 Å². The van der Waals surface area contributed by atoms with Gasteiger partial charge in [-0.1, -0.05) is 32.6 Å². The minimum atomic E-state index is -3.04. The van der Waals surface area contributed by atoms with E-state index < -0.39 is 10.0 Å². The molecule has 0 aromatic rings. The quantitative estimate of drug-likeness (QED) is 0.574. The first kappa shape index (κ1) is 16.9. The summed E-state index contributed by atoms with van der Waals surface area (Å²) in [6.07, 6.45) is 9.03. The Morgan fingerprint density at radius 1 is 1.05 bits per heavy atom. The van der Waals surface area contributed by atoms with Crippen LogP contribution in [0.5, 0.6) is 0 Å². The second-order valence-corrected chi connectivity index (χ2v) is 7.54. The Morgan fingerprint density at radius 2 is 1.79 bits per heavy atom.